The van der Waals surface area contributed by atoms with Crippen LogP contribution in [0.5, 0.6) is 0 Å². The molecule has 1 aliphatic heterocycles. The second kappa shape index (κ2) is 15.9. The lowest BCUT2D eigenvalue weighted by atomic mass is 10.1. The molecule has 0 atom stereocenters. The van der Waals surface area contributed by atoms with Gasteiger partial charge in [-0.1, -0.05) is 45.4 Å². The second-order valence-corrected chi connectivity index (χ2v) is 9.11. The van der Waals surface area contributed by atoms with Crippen LogP contribution in [0.1, 0.15) is 58.8 Å². The highest BCUT2D eigenvalue weighted by molar-refractivity contribution is 14.0. The molecule has 2 N–H and O–H groups in total. The molecule has 0 bridgehead atoms. The van der Waals surface area contributed by atoms with Crippen molar-refractivity contribution in [1.82, 2.24) is 15.5 Å². The number of halogens is 1. The van der Waals surface area contributed by atoms with Gasteiger partial charge in [0.25, 0.3) is 0 Å². The van der Waals surface area contributed by atoms with Crippen LogP contribution in [0.2, 0.25) is 0 Å². The monoisotopic (exact) mass is 502 g/mol. The van der Waals surface area contributed by atoms with Gasteiger partial charge in [-0.05, 0) is 13.3 Å². The van der Waals surface area contributed by atoms with Crippen molar-refractivity contribution >= 4 is 39.8 Å². The van der Waals surface area contributed by atoms with Crippen LogP contribution in [0.3, 0.4) is 0 Å². The fourth-order valence-corrected chi connectivity index (χ4v) is 4.18. The van der Waals surface area contributed by atoms with E-state index in [0.717, 1.165) is 38.6 Å². The van der Waals surface area contributed by atoms with Crippen LogP contribution in [0.15, 0.2) is 4.99 Å². The lowest BCUT2D eigenvalue weighted by molar-refractivity contribution is 0.299. The Morgan fingerprint density at radius 2 is 1.58 bits per heavy atom. The normalized spacial score (nSPS) is 17.5. The van der Waals surface area contributed by atoms with Gasteiger partial charge in [0.05, 0.1) is 11.5 Å². The summed E-state index contributed by atoms with van der Waals surface area (Å²) in [5, 5.41) is 6.63. The Balaban J connectivity index is 0.00000625. The zero-order valence-electron chi connectivity index (χ0n) is 16.6. The van der Waals surface area contributed by atoms with Gasteiger partial charge in [0.15, 0.2) is 15.8 Å². The maximum Gasteiger partial charge on any atom is 0.191 e. The van der Waals surface area contributed by atoms with E-state index in [2.05, 4.69) is 34.4 Å². The molecule has 1 fully saturated rings. The van der Waals surface area contributed by atoms with E-state index in [1.54, 1.807) is 0 Å². The van der Waals surface area contributed by atoms with Crippen molar-refractivity contribution in [2.75, 3.05) is 50.8 Å². The number of aliphatic imine (C=N–C) groups is 1. The number of hydrogen-bond acceptors (Lipinski definition) is 4. The van der Waals surface area contributed by atoms with Crippen molar-refractivity contribution in [1.29, 1.82) is 0 Å². The van der Waals surface area contributed by atoms with Crippen molar-refractivity contribution in [2.24, 2.45) is 4.99 Å². The van der Waals surface area contributed by atoms with Crippen molar-refractivity contribution < 1.29 is 8.42 Å². The first-order chi connectivity index (χ1) is 12.1. The third-order valence-corrected chi connectivity index (χ3v) is 6.14. The first-order valence-corrected chi connectivity index (χ1v) is 11.8. The predicted octanol–water partition coefficient (Wildman–Crippen LogP) is 2.64. The van der Waals surface area contributed by atoms with E-state index < -0.39 is 9.84 Å². The molecule has 0 aromatic heterocycles. The van der Waals surface area contributed by atoms with Gasteiger partial charge >= 0.3 is 0 Å². The number of rotatable bonds is 12. The predicted molar refractivity (Wildman–Crippen MR) is 122 cm³/mol. The largest absolute Gasteiger partial charge is 0.357 e. The van der Waals surface area contributed by atoms with Crippen LogP contribution in [-0.4, -0.2) is 70.1 Å². The Hall–Kier alpha value is -0.0900. The lowest BCUT2D eigenvalue weighted by Gasteiger charge is -2.26. The van der Waals surface area contributed by atoms with E-state index in [1.165, 1.54) is 38.5 Å². The summed E-state index contributed by atoms with van der Waals surface area (Å²) in [6, 6.07) is 0. The molecular weight excluding hydrogens is 463 g/mol. The van der Waals surface area contributed by atoms with Crippen molar-refractivity contribution in [2.45, 2.75) is 58.8 Å². The lowest BCUT2D eigenvalue weighted by Crippen LogP contribution is -2.46. The topological polar surface area (TPSA) is 73.8 Å². The second-order valence-electron chi connectivity index (χ2n) is 6.80. The molecule has 1 heterocycles. The molecule has 0 saturated carbocycles. The van der Waals surface area contributed by atoms with Crippen LogP contribution in [0.25, 0.3) is 0 Å². The Kier molecular flexibility index (Phi) is 15.9. The molecule has 0 unspecified atom stereocenters. The molecule has 0 aromatic rings. The van der Waals surface area contributed by atoms with E-state index in [1.807, 2.05) is 0 Å². The zero-order chi connectivity index (χ0) is 18.4. The minimum absolute atomic E-state index is 0. The Morgan fingerprint density at radius 3 is 2.19 bits per heavy atom. The van der Waals surface area contributed by atoms with Crippen LogP contribution < -0.4 is 10.6 Å². The van der Waals surface area contributed by atoms with Gasteiger partial charge in [0.1, 0.15) is 0 Å². The van der Waals surface area contributed by atoms with Crippen LogP contribution in [0.4, 0.5) is 0 Å². The highest BCUT2D eigenvalue weighted by atomic mass is 127. The molecule has 0 aromatic carbocycles. The summed E-state index contributed by atoms with van der Waals surface area (Å²) in [5.41, 5.74) is 0. The SMILES string of the molecule is CCCCCCCCCN=C(NCC)NCCN1CCS(=O)(=O)CC1.I. The van der Waals surface area contributed by atoms with Gasteiger partial charge in [-0.25, -0.2) is 8.42 Å². The highest BCUT2D eigenvalue weighted by Gasteiger charge is 2.20. The quantitative estimate of drug-likeness (QED) is 0.186. The molecule has 26 heavy (non-hydrogen) atoms. The molecule has 1 aliphatic rings. The molecule has 1 saturated heterocycles. The van der Waals surface area contributed by atoms with Gasteiger partial charge in [-0.15, -0.1) is 24.0 Å². The fourth-order valence-electron chi connectivity index (χ4n) is 2.91. The average molecular weight is 503 g/mol. The molecule has 6 nitrogen and oxygen atoms in total. The smallest absolute Gasteiger partial charge is 0.191 e. The molecule has 156 valence electrons. The number of unbranched alkanes of at least 4 members (excludes halogenated alkanes) is 6. The van der Waals surface area contributed by atoms with Gasteiger partial charge in [0.2, 0.25) is 0 Å². The molecular formula is C18H39IN4O2S. The number of nitrogens with zero attached hydrogens (tertiary/aromatic N) is 2. The van der Waals surface area contributed by atoms with E-state index in [0.29, 0.717) is 24.6 Å². The molecule has 0 amide bonds. The summed E-state index contributed by atoms with van der Waals surface area (Å²) in [7, 11) is -2.79. The molecule has 1 rings (SSSR count). The molecule has 0 spiro atoms. The van der Waals surface area contributed by atoms with Crippen molar-refractivity contribution in [3.8, 4) is 0 Å². The number of sulfone groups is 1. The third-order valence-electron chi connectivity index (χ3n) is 4.53. The van der Waals surface area contributed by atoms with E-state index >= 15 is 0 Å². The summed E-state index contributed by atoms with van der Waals surface area (Å²) in [6.45, 7) is 8.99. The van der Waals surface area contributed by atoms with E-state index in [4.69, 9.17) is 0 Å². The molecule has 0 aliphatic carbocycles. The summed E-state index contributed by atoms with van der Waals surface area (Å²) >= 11 is 0. The molecule has 0 radical (unpaired) electrons. The van der Waals surface area contributed by atoms with E-state index in [9.17, 15) is 8.42 Å². The maximum atomic E-state index is 11.4. The average Bonchev–Trinajstić information content (AvgIpc) is 2.58. The maximum absolute atomic E-state index is 11.4. The standard InChI is InChI=1S/C18H38N4O2S.HI/c1-3-5-6-7-8-9-10-11-20-18(19-4-2)21-12-13-22-14-16-25(23,24)17-15-22;/h3-17H2,1-2H3,(H2,19,20,21);1H. The van der Waals surface area contributed by atoms with Crippen LogP contribution >= 0.6 is 24.0 Å². The van der Waals surface area contributed by atoms with Crippen molar-refractivity contribution in [3.63, 3.8) is 0 Å². The highest BCUT2D eigenvalue weighted by Crippen LogP contribution is 2.06. The van der Waals surface area contributed by atoms with Gasteiger partial charge in [-0.3, -0.25) is 9.89 Å². The van der Waals surface area contributed by atoms with Crippen LogP contribution in [-0.2, 0) is 9.84 Å². The van der Waals surface area contributed by atoms with Crippen LogP contribution in [0, 0.1) is 0 Å². The van der Waals surface area contributed by atoms with Gasteiger partial charge in [0, 0.05) is 39.3 Å². The fraction of sp³-hybridized carbons (Fsp3) is 0.944. The Morgan fingerprint density at radius 1 is 0.962 bits per heavy atom. The summed E-state index contributed by atoms with van der Waals surface area (Å²) in [4.78, 5) is 6.84. The first-order valence-electron chi connectivity index (χ1n) is 10.0. The number of guanidine groups is 1. The summed E-state index contributed by atoms with van der Waals surface area (Å²) in [6.07, 6.45) is 9.09. The van der Waals surface area contributed by atoms with Gasteiger partial charge in [-0.2, -0.15) is 0 Å². The third kappa shape index (κ3) is 13.1. The minimum atomic E-state index is -2.79. The molecule has 8 heteroatoms. The zero-order valence-corrected chi connectivity index (χ0v) is 19.8. The Bertz CT molecular complexity index is 458. The first kappa shape index (κ1) is 25.9. The van der Waals surface area contributed by atoms with E-state index in [-0.39, 0.29) is 24.0 Å². The summed E-state index contributed by atoms with van der Waals surface area (Å²) < 4.78 is 22.9. The number of nitrogens with one attached hydrogen (secondary N) is 2. The van der Waals surface area contributed by atoms with Gasteiger partial charge < -0.3 is 10.6 Å². The van der Waals surface area contributed by atoms with Crippen molar-refractivity contribution in [3.05, 3.63) is 0 Å². The Labute approximate surface area is 177 Å². The summed E-state index contributed by atoms with van der Waals surface area (Å²) in [5.74, 6) is 1.46. The minimum Gasteiger partial charge on any atom is -0.357 e. The number of hydrogen-bond donors (Lipinski definition) is 2.